The summed E-state index contributed by atoms with van der Waals surface area (Å²) in [4.78, 5) is 10.4. The molecule has 0 spiro atoms. The van der Waals surface area contributed by atoms with Gasteiger partial charge >= 0.3 is 0 Å². The van der Waals surface area contributed by atoms with Crippen LogP contribution in [0.25, 0.3) is 0 Å². The van der Waals surface area contributed by atoms with Gasteiger partial charge in [0.2, 0.25) is 5.91 Å². The zero-order chi connectivity index (χ0) is 12.9. The quantitative estimate of drug-likeness (QED) is 0.527. The minimum atomic E-state index is -4.14. The van der Waals surface area contributed by atoms with E-state index < -0.39 is 10.1 Å². The van der Waals surface area contributed by atoms with Crippen molar-refractivity contribution >= 4 is 21.7 Å². The van der Waals surface area contributed by atoms with E-state index >= 15 is 0 Å². The molecule has 94 valence electrons. The van der Waals surface area contributed by atoms with Crippen LogP contribution in [0.1, 0.15) is 6.92 Å². The predicted octanol–water partition coefficient (Wildman–Crippen LogP) is 0.481. The van der Waals surface area contributed by atoms with Crippen LogP contribution in [0.15, 0.2) is 29.2 Å². The Bertz CT molecular complexity index is 482. The summed E-state index contributed by atoms with van der Waals surface area (Å²) in [7, 11) is -4.14. The van der Waals surface area contributed by atoms with E-state index in [-0.39, 0.29) is 10.8 Å². The Balaban J connectivity index is 2.49. The van der Waals surface area contributed by atoms with Crippen molar-refractivity contribution in [2.24, 2.45) is 0 Å². The molecule has 0 aliphatic heterocycles. The van der Waals surface area contributed by atoms with Crippen LogP contribution in [0, 0.1) is 0 Å². The van der Waals surface area contributed by atoms with Crippen molar-refractivity contribution in [3.8, 4) is 0 Å². The highest BCUT2D eigenvalue weighted by atomic mass is 32.2. The maximum Gasteiger partial charge on any atom is 0.294 e. The van der Waals surface area contributed by atoms with Gasteiger partial charge in [-0.1, -0.05) is 0 Å². The molecule has 0 aliphatic carbocycles. The lowest BCUT2D eigenvalue weighted by Gasteiger charge is -2.07. The van der Waals surface area contributed by atoms with Crippen LogP contribution in [0.3, 0.4) is 0 Å². The molecule has 1 aromatic carbocycles. The number of hydrogen-bond acceptors (Lipinski definition) is 4. The fraction of sp³-hybridized carbons (Fsp3) is 0.300. The van der Waals surface area contributed by atoms with E-state index in [0.29, 0.717) is 18.8 Å². The highest BCUT2D eigenvalue weighted by Gasteiger charge is 2.07. The van der Waals surface area contributed by atoms with E-state index in [1.54, 1.807) is 0 Å². The molecule has 0 saturated carbocycles. The Hall–Kier alpha value is -1.60. The van der Waals surface area contributed by atoms with Crippen LogP contribution in [0.2, 0.25) is 0 Å². The van der Waals surface area contributed by atoms with Gasteiger partial charge in [-0.2, -0.15) is 8.42 Å². The SMILES string of the molecule is CC(=O)NCCNc1ccc(S(=O)(=O)O)cc1. The van der Waals surface area contributed by atoms with Crippen LogP contribution < -0.4 is 10.6 Å². The lowest BCUT2D eigenvalue weighted by Crippen LogP contribution is -2.26. The van der Waals surface area contributed by atoms with E-state index in [9.17, 15) is 13.2 Å². The molecule has 1 rings (SSSR count). The van der Waals surface area contributed by atoms with Crippen LogP contribution in [0.4, 0.5) is 5.69 Å². The van der Waals surface area contributed by atoms with Crippen molar-refractivity contribution in [1.82, 2.24) is 5.32 Å². The lowest BCUT2D eigenvalue weighted by molar-refractivity contribution is -0.118. The Morgan fingerprint density at radius 2 is 1.82 bits per heavy atom. The average Bonchev–Trinajstić information content (AvgIpc) is 2.23. The molecule has 17 heavy (non-hydrogen) atoms. The number of carbonyl (C=O) groups excluding carboxylic acids is 1. The molecule has 0 aromatic heterocycles. The summed E-state index contributed by atoms with van der Waals surface area (Å²) >= 11 is 0. The van der Waals surface area contributed by atoms with Gasteiger partial charge in [-0.15, -0.1) is 0 Å². The first-order valence-corrected chi connectivity index (χ1v) is 6.39. The number of benzene rings is 1. The van der Waals surface area contributed by atoms with Gasteiger partial charge < -0.3 is 10.6 Å². The molecule has 7 heteroatoms. The summed E-state index contributed by atoms with van der Waals surface area (Å²) in [5, 5.41) is 5.60. The van der Waals surface area contributed by atoms with E-state index in [4.69, 9.17) is 4.55 Å². The summed E-state index contributed by atoms with van der Waals surface area (Å²) in [6.07, 6.45) is 0. The Morgan fingerprint density at radius 3 is 2.29 bits per heavy atom. The second-order valence-corrected chi connectivity index (χ2v) is 4.83. The molecule has 0 aliphatic rings. The van der Waals surface area contributed by atoms with Gasteiger partial charge in [-0.25, -0.2) is 0 Å². The van der Waals surface area contributed by atoms with Gasteiger partial charge in [0, 0.05) is 25.7 Å². The van der Waals surface area contributed by atoms with Gasteiger partial charge in [0.25, 0.3) is 10.1 Å². The van der Waals surface area contributed by atoms with Gasteiger partial charge in [-0.3, -0.25) is 9.35 Å². The van der Waals surface area contributed by atoms with Crippen LogP contribution in [0.5, 0.6) is 0 Å². The highest BCUT2D eigenvalue weighted by Crippen LogP contribution is 2.13. The molecule has 0 bridgehead atoms. The van der Waals surface area contributed by atoms with Crippen LogP contribution in [-0.4, -0.2) is 32.0 Å². The molecule has 3 N–H and O–H groups in total. The summed E-state index contributed by atoms with van der Waals surface area (Å²) in [6, 6.07) is 5.68. The molecule has 0 saturated heterocycles. The smallest absolute Gasteiger partial charge is 0.294 e. The molecule has 0 radical (unpaired) electrons. The monoisotopic (exact) mass is 258 g/mol. The lowest BCUT2D eigenvalue weighted by atomic mass is 10.3. The normalized spacial score (nSPS) is 10.9. The van der Waals surface area contributed by atoms with E-state index in [2.05, 4.69) is 10.6 Å². The predicted molar refractivity (Wildman–Crippen MR) is 63.4 cm³/mol. The van der Waals surface area contributed by atoms with E-state index in [0.717, 1.165) is 0 Å². The number of nitrogens with one attached hydrogen (secondary N) is 2. The molecule has 0 heterocycles. The average molecular weight is 258 g/mol. The third kappa shape index (κ3) is 4.83. The summed E-state index contributed by atoms with van der Waals surface area (Å²) < 4.78 is 30.3. The minimum Gasteiger partial charge on any atom is -0.383 e. The molecule has 0 atom stereocenters. The van der Waals surface area contributed by atoms with E-state index in [1.807, 2.05) is 0 Å². The van der Waals surface area contributed by atoms with Crippen molar-refractivity contribution in [2.45, 2.75) is 11.8 Å². The maximum atomic E-state index is 10.8. The Labute approximate surface area is 99.8 Å². The molecular weight excluding hydrogens is 244 g/mol. The van der Waals surface area contributed by atoms with Crippen molar-refractivity contribution in [3.05, 3.63) is 24.3 Å². The van der Waals surface area contributed by atoms with Crippen molar-refractivity contribution < 1.29 is 17.8 Å². The molecular formula is C10H14N2O4S. The van der Waals surface area contributed by atoms with Gasteiger partial charge in [0.1, 0.15) is 0 Å². The fourth-order valence-electron chi connectivity index (χ4n) is 1.19. The largest absolute Gasteiger partial charge is 0.383 e. The summed E-state index contributed by atoms with van der Waals surface area (Å²) in [5.41, 5.74) is 0.711. The first-order valence-electron chi connectivity index (χ1n) is 4.95. The van der Waals surface area contributed by atoms with Crippen LogP contribution >= 0.6 is 0 Å². The van der Waals surface area contributed by atoms with Crippen LogP contribution in [-0.2, 0) is 14.9 Å². The van der Waals surface area contributed by atoms with Crippen molar-refractivity contribution in [1.29, 1.82) is 0 Å². The molecule has 1 aromatic rings. The van der Waals surface area contributed by atoms with Crippen molar-refractivity contribution in [3.63, 3.8) is 0 Å². The first kappa shape index (κ1) is 13.5. The first-order chi connectivity index (χ1) is 7.89. The minimum absolute atomic E-state index is 0.103. The number of carbonyl (C=O) groups is 1. The summed E-state index contributed by atoms with van der Waals surface area (Å²) in [6.45, 7) is 2.45. The number of anilines is 1. The molecule has 1 amide bonds. The molecule has 0 fully saturated rings. The topological polar surface area (TPSA) is 95.5 Å². The second kappa shape index (κ2) is 5.65. The summed E-state index contributed by atoms with van der Waals surface area (Å²) in [5.74, 6) is -0.103. The number of rotatable bonds is 5. The van der Waals surface area contributed by atoms with Crippen molar-refractivity contribution in [2.75, 3.05) is 18.4 Å². The Morgan fingerprint density at radius 1 is 1.24 bits per heavy atom. The zero-order valence-electron chi connectivity index (χ0n) is 9.30. The van der Waals surface area contributed by atoms with Gasteiger partial charge in [0.05, 0.1) is 4.90 Å². The second-order valence-electron chi connectivity index (χ2n) is 3.41. The fourth-order valence-corrected chi connectivity index (χ4v) is 1.67. The zero-order valence-corrected chi connectivity index (χ0v) is 10.1. The maximum absolute atomic E-state index is 10.8. The molecule has 0 unspecified atom stereocenters. The van der Waals surface area contributed by atoms with Gasteiger partial charge in [-0.05, 0) is 24.3 Å². The number of amides is 1. The molecule has 6 nitrogen and oxygen atoms in total. The highest BCUT2D eigenvalue weighted by molar-refractivity contribution is 7.85. The van der Waals surface area contributed by atoms with E-state index in [1.165, 1.54) is 31.2 Å². The Kier molecular flexibility index (Phi) is 4.47. The third-order valence-electron chi connectivity index (χ3n) is 1.98. The number of hydrogen-bond donors (Lipinski definition) is 3. The third-order valence-corrected chi connectivity index (χ3v) is 2.85. The van der Waals surface area contributed by atoms with Gasteiger partial charge in [0.15, 0.2) is 0 Å². The standard InChI is InChI=1S/C10H14N2O4S/c1-8(13)11-6-7-12-9-2-4-10(5-3-9)17(14,15)16/h2-5,12H,6-7H2,1H3,(H,11,13)(H,14,15,16).